The number of hydrogen-bond donors (Lipinski definition) is 1. The average Bonchev–Trinajstić information content (AvgIpc) is 2.31. The summed E-state index contributed by atoms with van der Waals surface area (Å²) in [5.41, 5.74) is 7.66. The van der Waals surface area contributed by atoms with Gasteiger partial charge in [-0.1, -0.05) is 12.2 Å². The molecule has 88 valence electrons. The molecule has 0 aromatic heterocycles. The molecule has 0 fully saturated rings. The summed E-state index contributed by atoms with van der Waals surface area (Å²) in [6.45, 7) is 2.57. The molecule has 16 heavy (non-hydrogen) atoms. The number of rotatable bonds is 5. The van der Waals surface area contributed by atoms with Crippen LogP contribution in [0.2, 0.25) is 0 Å². The largest absolute Gasteiger partial charge is 0.496 e. The molecule has 1 rings (SSSR count). The lowest BCUT2D eigenvalue weighted by molar-refractivity contribution is 0.398. The molecule has 2 N–H and O–H groups in total. The van der Waals surface area contributed by atoms with Crippen LogP contribution in [0, 0.1) is 0 Å². The van der Waals surface area contributed by atoms with Gasteiger partial charge < -0.3 is 15.2 Å². The summed E-state index contributed by atoms with van der Waals surface area (Å²) in [4.78, 5) is 0. The summed E-state index contributed by atoms with van der Waals surface area (Å²) in [5, 5.41) is 0. The van der Waals surface area contributed by atoms with Crippen LogP contribution in [0.25, 0.3) is 6.08 Å². The van der Waals surface area contributed by atoms with E-state index in [0.29, 0.717) is 6.54 Å². The van der Waals surface area contributed by atoms with Gasteiger partial charge in [-0.05, 0) is 37.6 Å². The van der Waals surface area contributed by atoms with Crippen molar-refractivity contribution in [2.75, 3.05) is 20.8 Å². The lowest BCUT2D eigenvalue weighted by Crippen LogP contribution is -2.05. The highest BCUT2D eigenvalue weighted by molar-refractivity contribution is 5.61. The van der Waals surface area contributed by atoms with E-state index in [2.05, 4.69) is 0 Å². The van der Waals surface area contributed by atoms with Gasteiger partial charge in [0.15, 0.2) is 0 Å². The minimum absolute atomic E-state index is 0.600. The maximum Gasteiger partial charge on any atom is 0.126 e. The van der Waals surface area contributed by atoms with Crippen LogP contribution in [0.5, 0.6) is 11.5 Å². The Balaban J connectivity index is 3.22. The molecule has 0 spiro atoms. The van der Waals surface area contributed by atoms with Crippen LogP contribution in [-0.4, -0.2) is 20.8 Å². The van der Waals surface area contributed by atoms with Gasteiger partial charge >= 0.3 is 0 Å². The fourth-order valence-electron chi connectivity index (χ4n) is 1.65. The number of allylic oxidation sites excluding steroid dienone is 1. The van der Waals surface area contributed by atoms with Crippen LogP contribution in [0.3, 0.4) is 0 Å². The van der Waals surface area contributed by atoms with Crippen LogP contribution in [0.4, 0.5) is 0 Å². The fourth-order valence-corrected chi connectivity index (χ4v) is 1.65. The Morgan fingerprint density at radius 2 is 1.88 bits per heavy atom. The molecule has 0 atom stereocenters. The second-order valence-electron chi connectivity index (χ2n) is 3.44. The molecule has 3 heteroatoms. The molecular formula is C13H19NO2. The second kappa shape index (κ2) is 6.18. The van der Waals surface area contributed by atoms with Crippen molar-refractivity contribution in [3.63, 3.8) is 0 Å². The third kappa shape index (κ3) is 2.76. The second-order valence-corrected chi connectivity index (χ2v) is 3.44. The van der Waals surface area contributed by atoms with Crippen LogP contribution < -0.4 is 15.2 Å². The first-order valence-electron chi connectivity index (χ1n) is 5.34. The highest BCUT2D eigenvalue weighted by Gasteiger charge is 2.08. The predicted molar refractivity (Wildman–Crippen MR) is 67.0 cm³/mol. The normalized spacial score (nSPS) is 10.8. The standard InChI is InChI=1S/C13H19NO2/c1-4-5-10-8-13(16-3)11(6-7-14)9-12(10)15-2/h4-5,8-9H,6-7,14H2,1-3H3/b5-4+. The smallest absolute Gasteiger partial charge is 0.126 e. The molecule has 0 saturated carbocycles. The topological polar surface area (TPSA) is 44.5 Å². The molecule has 3 nitrogen and oxygen atoms in total. The maximum absolute atomic E-state index is 5.56. The van der Waals surface area contributed by atoms with Gasteiger partial charge in [-0.2, -0.15) is 0 Å². The molecule has 0 saturated heterocycles. The zero-order valence-corrected chi connectivity index (χ0v) is 10.1. The van der Waals surface area contributed by atoms with Crippen molar-refractivity contribution in [3.05, 3.63) is 29.3 Å². The quantitative estimate of drug-likeness (QED) is 0.829. The van der Waals surface area contributed by atoms with E-state index < -0.39 is 0 Å². The molecule has 0 aliphatic rings. The molecule has 1 aromatic rings. The van der Waals surface area contributed by atoms with Gasteiger partial charge in [0.25, 0.3) is 0 Å². The zero-order valence-electron chi connectivity index (χ0n) is 10.1. The SMILES string of the molecule is C/C=C/c1cc(OC)c(CCN)cc1OC. The monoisotopic (exact) mass is 221 g/mol. The third-order valence-electron chi connectivity index (χ3n) is 2.39. The summed E-state index contributed by atoms with van der Waals surface area (Å²) in [5.74, 6) is 1.71. The van der Waals surface area contributed by atoms with Gasteiger partial charge in [-0.25, -0.2) is 0 Å². The molecule has 0 unspecified atom stereocenters. The lowest BCUT2D eigenvalue weighted by Gasteiger charge is -2.12. The summed E-state index contributed by atoms with van der Waals surface area (Å²) < 4.78 is 10.7. The van der Waals surface area contributed by atoms with E-state index in [9.17, 15) is 0 Å². The van der Waals surface area contributed by atoms with E-state index in [0.717, 1.165) is 29.0 Å². The van der Waals surface area contributed by atoms with Crippen molar-refractivity contribution in [2.45, 2.75) is 13.3 Å². The summed E-state index contributed by atoms with van der Waals surface area (Å²) in [6, 6.07) is 3.96. The van der Waals surface area contributed by atoms with Crippen molar-refractivity contribution in [1.82, 2.24) is 0 Å². The predicted octanol–water partition coefficient (Wildman–Crippen LogP) is 2.24. The minimum Gasteiger partial charge on any atom is -0.496 e. The number of hydrogen-bond acceptors (Lipinski definition) is 3. The first kappa shape index (κ1) is 12.6. The summed E-state index contributed by atoms with van der Waals surface area (Å²) in [6.07, 6.45) is 4.75. The number of benzene rings is 1. The highest BCUT2D eigenvalue weighted by Crippen LogP contribution is 2.29. The highest BCUT2D eigenvalue weighted by atomic mass is 16.5. The minimum atomic E-state index is 0.600. The first-order chi connectivity index (χ1) is 7.76. The van der Waals surface area contributed by atoms with E-state index in [1.165, 1.54) is 0 Å². The number of nitrogens with two attached hydrogens (primary N) is 1. The van der Waals surface area contributed by atoms with Crippen molar-refractivity contribution in [3.8, 4) is 11.5 Å². The van der Waals surface area contributed by atoms with E-state index in [1.807, 2.05) is 31.2 Å². The molecule has 0 aliphatic carbocycles. The Hall–Kier alpha value is -1.48. The lowest BCUT2D eigenvalue weighted by atomic mass is 10.1. The van der Waals surface area contributed by atoms with Crippen LogP contribution in [0.1, 0.15) is 18.1 Å². The van der Waals surface area contributed by atoms with Crippen LogP contribution in [-0.2, 0) is 6.42 Å². The molecule has 0 radical (unpaired) electrons. The zero-order chi connectivity index (χ0) is 12.0. The molecule has 0 bridgehead atoms. The Labute approximate surface area is 96.9 Å². The van der Waals surface area contributed by atoms with Gasteiger partial charge in [0, 0.05) is 5.56 Å². The Morgan fingerprint density at radius 1 is 1.19 bits per heavy atom. The fraction of sp³-hybridized carbons (Fsp3) is 0.385. The van der Waals surface area contributed by atoms with E-state index in [-0.39, 0.29) is 0 Å². The van der Waals surface area contributed by atoms with Crippen LogP contribution in [0.15, 0.2) is 18.2 Å². The molecule has 1 aromatic carbocycles. The summed E-state index contributed by atoms with van der Waals surface area (Å²) in [7, 11) is 3.34. The molecule has 0 aliphatic heterocycles. The van der Waals surface area contributed by atoms with E-state index in [4.69, 9.17) is 15.2 Å². The number of methoxy groups -OCH3 is 2. The average molecular weight is 221 g/mol. The maximum atomic E-state index is 5.56. The van der Waals surface area contributed by atoms with Gasteiger partial charge in [-0.3, -0.25) is 0 Å². The van der Waals surface area contributed by atoms with Gasteiger partial charge in [0.05, 0.1) is 14.2 Å². The van der Waals surface area contributed by atoms with Crippen molar-refractivity contribution in [2.24, 2.45) is 5.73 Å². The Bertz CT molecular complexity index is 372. The van der Waals surface area contributed by atoms with E-state index >= 15 is 0 Å². The van der Waals surface area contributed by atoms with Crippen molar-refractivity contribution < 1.29 is 9.47 Å². The van der Waals surface area contributed by atoms with Crippen molar-refractivity contribution >= 4 is 6.08 Å². The van der Waals surface area contributed by atoms with Gasteiger partial charge in [0.1, 0.15) is 11.5 Å². The number of ether oxygens (including phenoxy) is 2. The Morgan fingerprint density at radius 3 is 2.38 bits per heavy atom. The third-order valence-corrected chi connectivity index (χ3v) is 2.39. The summed E-state index contributed by atoms with van der Waals surface area (Å²) >= 11 is 0. The molecule has 0 amide bonds. The Kier molecular flexibility index (Phi) is 4.86. The first-order valence-corrected chi connectivity index (χ1v) is 5.34. The van der Waals surface area contributed by atoms with Crippen molar-refractivity contribution in [1.29, 1.82) is 0 Å². The molecular weight excluding hydrogens is 202 g/mol. The van der Waals surface area contributed by atoms with Gasteiger partial charge in [-0.15, -0.1) is 0 Å². The van der Waals surface area contributed by atoms with Crippen LogP contribution >= 0.6 is 0 Å². The van der Waals surface area contributed by atoms with Gasteiger partial charge in [0.2, 0.25) is 0 Å². The van der Waals surface area contributed by atoms with E-state index in [1.54, 1.807) is 14.2 Å². The molecule has 0 heterocycles.